The fraction of sp³-hybridized carbons (Fsp3) is 0.294. The minimum Gasteiger partial charge on any atom is -0.328 e. The number of rotatable bonds is 5. The van der Waals surface area contributed by atoms with Crippen molar-refractivity contribution >= 4 is 17.2 Å². The summed E-state index contributed by atoms with van der Waals surface area (Å²) in [6, 6.07) is 19.0. The molecule has 2 N–H and O–H groups in total. The third-order valence-corrected chi connectivity index (χ3v) is 6.12. The van der Waals surface area contributed by atoms with E-state index in [1.165, 1.54) is 0 Å². The monoisotopic (exact) mass is 380 g/mol. The fourth-order valence-corrected chi connectivity index (χ4v) is 5.45. The lowest BCUT2D eigenvalue weighted by atomic mass is 9.66. The van der Waals surface area contributed by atoms with Crippen LogP contribution in [0.15, 0.2) is 60.7 Å². The first-order valence-corrected chi connectivity index (χ1v) is 10.1. The highest BCUT2D eigenvalue weighted by Crippen LogP contribution is 2.63. The molecule has 8 heteroatoms. The highest BCUT2D eigenvalue weighted by molar-refractivity contribution is 7.41. The molecule has 6 nitrogen and oxygen atoms in total. The van der Waals surface area contributed by atoms with Gasteiger partial charge in [-0.25, -0.2) is 0 Å². The molecule has 3 aliphatic heterocycles. The second-order valence-electron chi connectivity index (χ2n) is 6.08. The Morgan fingerprint density at radius 2 is 1.28 bits per heavy atom. The Labute approximate surface area is 148 Å². The average molecular weight is 380 g/mol. The summed E-state index contributed by atoms with van der Waals surface area (Å²) < 4.78 is 23.0. The quantitative estimate of drug-likeness (QED) is 0.774. The van der Waals surface area contributed by atoms with Crippen molar-refractivity contribution in [3.63, 3.8) is 0 Å². The maximum Gasteiger partial charge on any atom is 0.332 e. The maximum atomic E-state index is 9.84. The lowest BCUT2D eigenvalue weighted by Gasteiger charge is -2.54. The smallest absolute Gasteiger partial charge is 0.328 e. The zero-order chi connectivity index (χ0) is 17.3. The Morgan fingerprint density at radius 3 is 1.68 bits per heavy atom. The van der Waals surface area contributed by atoms with Crippen molar-refractivity contribution in [3.05, 3.63) is 71.8 Å². The summed E-state index contributed by atoms with van der Waals surface area (Å²) in [5.74, 6) is 0. The van der Waals surface area contributed by atoms with E-state index in [4.69, 9.17) is 18.1 Å². The van der Waals surface area contributed by atoms with Crippen LogP contribution < -0.4 is 0 Å². The van der Waals surface area contributed by atoms with Gasteiger partial charge in [0.2, 0.25) is 0 Å². The van der Waals surface area contributed by atoms with Crippen LogP contribution in [-0.4, -0.2) is 29.6 Å². The molecular weight excluding hydrogens is 362 g/mol. The number of hydrogen-bond donors (Lipinski definition) is 2. The van der Waals surface area contributed by atoms with E-state index in [-0.39, 0.29) is 0 Å². The van der Waals surface area contributed by atoms with E-state index in [1.54, 1.807) is 0 Å². The molecule has 0 atom stereocenters. The van der Waals surface area contributed by atoms with Crippen molar-refractivity contribution in [1.29, 1.82) is 0 Å². The van der Waals surface area contributed by atoms with Gasteiger partial charge in [0, 0.05) is 0 Å². The van der Waals surface area contributed by atoms with Gasteiger partial charge < -0.3 is 23.4 Å². The highest BCUT2D eigenvalue weighted by atomic mass is 31.2. The van der Waals surface area contributed by atoms with Crippen molar-refractivity contribution in [2.75, 3.05) is 19.8 Å². The largest absolute Gasteiger partial charge is 0.332 e. The van der Waals surface area contributed by atoms with Crippen molar-refractivity contribution in [3.8, 4) is 0 Å². The zero-order valence-electron chi connectivity index (χ0n) is 13.3. The van der Waals surface area contributed by atoms with Crippen LogP contribution in [0.2, 0.25) is 0 Å². The van der Waals surface area contributed by atoms with Gasteiger partial charge in [0.1, 0.15) is 5.60 Å². The summed E-state index contributed by atoms with van der Waals surface area (Å²) in [4.78, 5) is 19.7. The van der Waals surface area contributed by atoms with E-state index in [0.717, 1.165) is 11.1 Å². The van der Waals surface area contributed by atoms with Gasteiger partial charge in [-0.15, -0.1) is 0 Å². The predicted molar refractivity (Wildman–Crippen MR) is 93.3 cm³/mol. The molecule has 0 amide bonds. The molecule has 3 saturated heterocycles. The average Bonchev–Trinajstić information content (AvgIpc) is 2.68. The third-order valence-electron chi connectivity index (χ3n) is 4.66. The molecule has 2 aromatic rings. The van der Waals surface area contributed by atoms with Crippen molar-refractivity contribution in [2.45, 2.75) is 5.60 Å². The molecule has 0 saturated carbocycles. The SMILES string of the molecule is OP(O)OC(c1ccccc1)(c1ccccc1)C12COP(OC1)OC2. The van der Waals surface area contributed by atoms with Crippen LogP contribution >= 0.6 is 17.2 Å². The molecule has 0 aliphatic carbocycles. The summed E-state index contributed by atoms with van der Waals surface area (Å²) in [5.41, 5.74) is -0.327. The molecule has 25 heavy (non-hydrogen) atoms. The topological polar surface area (TPSA) is 77.4 Å². The summed E-state index contributed by atoms with van der Waals surface area (Å²) in [5, 5.41) is 0. The third kappa shape index (κ3) is 2.93. The van der Waals surface area contributed by atoms with Gasteiger partial charge in [0.05, 0.1) is 25.2 Å². The van der Waals surface area contributed by atoms with Crippen LogP contribution in [0.1, 0.15) is 11.1 Å². The van der Waals surface area contributed by atoms with Gasteiger partial charge in [-0.3, -0.25) is 4.52 Å². The Kier molecular flexibility index (Phi) is 4.89. The second kappa shape index (κ2) is 6.99. The van der Waals surface area contributed by atoms with Crippen molar-refractivity contribution in [2.24, 2.45) is 5.41 Å². The molecule has 132 valence electrons. The van der Waals surface area contributed by atoms with E-state index < -0.39 is 28.2 Å². The predicted octanol–water partition coefficient (Wildman–Crippen LogP) is 3.45. The maximum absolute atomic E-state index is 9.84. The Morgan fingerprint density at radius 1 is 0.840 bits per heavy atom. The first kappa shape index (κ1) is 17.5. The van der Waals surface area contributed by atoms with Gasteiger partial charge in [-0.1, -0.05) is 60.7 Å². The Balaban J connectivity index is 1.95. The minimum absolute atomic E-state index is 0.353. The molecule has 0 radical (unpaired) electrons. The first-order chi connectivity index (χ1) is 12.2. The standard InChI is InChI=1S/C17H18O6P2/c18-24(19)23-17(14-7-3-1-4-8-14,15-9-5-2-6-10-15)16-11-20-25(21-12-16)22-13-16/h1-10,18-19H,11-13H2. The van der Waals surface area contributed by atoms with E-state index in [1.807, 2.05) is 60.7 Å². The van der Waals surface area contributed by atoms with Gasteiger partial charge in [0.15, 0.2) is 0 Å². The van der Waals surface area contributed by atoms with Crippen molar-refractivity contribution in [1.82, 2.24) is 0 Å². The molecule has 3 heterocycles. The molecular formula is C17H18O6P2. The van der Waals surface area contributed by atoms with E-state index in [2.05, 4.69) is 0 Å². The Bertz CT molecular complexity index is 650. The van der Waals surface area contributed by atoms with Crippen LogP contribution in [0.3, 0.4) is 0 Å². The number of hydrogen-bond acceptors (Lipinski definition) is 6. The van der Waals surface area contributed by atoms with Crippen LogP contribution in [0.25, 0.3) is 0 Å². The van der Waals surface area contributed by atoms with E-state index >= 15 is 0 Å². The van der Waals surface area contributed by atoms with E-state index in [9.17, 15) is 9.79 Å². The lowest BCUT2D eigenvalue weighted by Crippen LogP contribution is -2.59. The molecule has 3 aliphatic rings. The Hall–Kier alpha value is -0.940. The normalized spacial score (nSPS) is 26.1. The minimum atomic E-state index is -2.64. The molecule has 0 spiro atoms. The van der Waals surface area contributed by atoms with Crippen LogP contribution in [0.4, 0.5) is 0 Å². The highest BCUT2D eigenvalue weighted by Gasteiger charge is 2.62. The van der Waals surface area contributed by atoms with Gasteiger partial charge in [-0.2, -0.15) is 0 Å². The van der Waals surface area contributed by atoms with Gasteiger partial charge in [-0.05, 0) is 11.1 Å². The molecule has 0 aromatic heterocycles. The molecule has 2 bridgehead atoms. The summed E-state index contributed by atoms with van der Waals surface area (Å²) in [7, 11) is -3.96. The van der Waals surface area contributed by atoms with Gasteiger partial charge >= 0.3 is 17.2 Å². The summed E-state index contributed by atoms with van der Waals surface area (Å²) in [6.07, 6.45) is 0. The second-order valence-corrected chi connectivity index (χ2v) is 7.99. The molecule has 2 aromatic carbocycles. The first-order valence-electron chi connectivity index (χ1n) is 7.83. The molecule has 5 rings (SSSR count). The lowest BCUT2D eigenvalue weighted by molar-refractivity contribution is -0.165. The fourth-order valence-electron chi connectivity index (χ4n) is 3.52. The summed E-state index contributed by atoms with van der Waals surface area (Å²) in [6.45, 7) is 1.06. The van der Waals surface area contributed by atoms with Gasteiger partial charge in [0.25, 0.3) is 0 Å². The van der Waals surface area contributed by atoms with Crippen LogP contribution in [-0.2, 0) is 23.7 Å². The van der Waals surface area contributed by atoms with E-state index in [0.29, 0.717) is 19.8 Å². The van der Waals surface area contributed by atoms with Crippen molar-refractivity contribution < 1.29 is 27.9 Å². The molecule has 3 fully saturated rings. The number of fused-ring (bicyclic) bond motifs is 3. The zero-order valence-corrected chi connectivity index (χ0v) is 15.1. The molecule has 0 unspecified atom stereocenters. The van der Waals surface area contributed by atoms with Crippen LogP contribution in [0.5, 0.6) is 0 Å². The summed E-state index contributed by atoms with van der Waals surface area (Å²) >= 11 is 0. The van der Waals surface area contributed by atoms with Crippen LogP contribution in [0, 0.1) is 5.41 Å². The number of benzene rings is 2.